The molecule has 1 saturated heterocycles. The van der Waals surface area contributed by atoms with Crippen LogP contribution in [0.3, 0.4) is 0 Å². The molecule has 162 valence electrons. The van der Waals surface area contributed by atoms with Crippen molar-refractivity contribution in [2.45, 2.75) is 50.5 Å². The molecule has 0 spiro atoms. The van der Waals surface area contributed by atoms with E-state index in [-0.39, 0.29) is 10.8 Å². The number of hydrogen-bond acceptors (Lipinski definition) is 3. The Morgan fingerprint density at radius 1 is 0.903 bits per heavy atom. The number of nitrogens with zero attached hydrogens (tertiary/aromatic N) is 3. The molecule has 31 heavy (non-hydrogen) atoms. The molecular weight excluding hydrogens is 382 g/mol. The van der Waals surface area contributed by atoms with Crippen LogP contribution in [0, 0.1) is 17.3 Å². The van der Waals surface area contributed by atoms with Gasteiger partial charge in [-0.25, -0.2) is 0 Å². The quantitative estimate of drug-likeness (QED) is 0.748. The molecule has 2 aromatic rings. The molecule has 0 unspecified atom stereocenters. The molecule has 4 saturated carbocycles. The maximum Gasteiger partial charge on any atom is 0.228 e. The standard InChI is InChI=1S/C27H33N3O/c31-25(30-12-10-29(11-13-30)19-21-6-8-28-9-7-21)27-17-22-14-23(18-27)16-26(15-22,20-27)24-4-2-1-3-5-24/h1-9,22-23H,10-20H2/t22-,23-,26?,27?/m0/s1. The van der Waals surface area contributed by atoms with Gasteiger partial charge in [0, 0.05) is 45.1 Å². The van der Waals surface area contributed by atoms with Gasteiger partial charge in [-0.15, -0.1) is 0 Å². The van der Waals surface area contributed by atoms with Crippen LogP contribution in [0.1, 0.15) is 49.7 Å². The van der Waals surface area contributed by atoms with Gasteiger partial charge in [-0.2, -0.15) is 0 Å². The van der Waals surface area contributed by atoms with Crippen molar-refractivity contribution < 1.29 is 4.79 Å². The zero-order chi connectivity index (χ0) is 20.9. The van der Waals surface area contributed by atoms with Crippen LogP contribution in [0.2, 0.25) is 0 Å². The Kier molecular flexibility index (Phi) is 4.68. The number of pyridine rings is 1. The minimum atomic E-state index is -0.104. The molecule has 5 aliphatic rings. The molecule has 7 rings (SSSR count). The van der Waals surface area contributed by atoms with E-state index in [0.29, 0.717) is 5.91 Å². The van der Waals surface area contributed by atoms with Gasteiger partial charge in [0.15, 0.2) is 0 Å². The van der Waals surface area contributed by atoms with Crippen LogP contribution in [-0.2, 0) is 16.8 Å². The van der Waals surface area contributed by atoms with Gasteiger partial charge < -0.3 is 4.90 Å². The van der Waals surface area contributed by atoms with Gasteiger partial charge in [-0.1, -0.05) is 30.3 Å². The normalized spacial score (nSPS) is 34.8. The summed E-state index contributed by atoms with van der Waals surface area (Å²) in [4.78, 5) is 22.8. The Balaban J connectivity index is 1.18. The van der Waals surface area contributed by atoms with Crippen molar-refractivity contribution in [3.8, 4) is 0 Å². The highest BCUT2D eigenvalue weighted by atomic mass is 16.2. The van der Waals surface area contributed by atoms with Gasteiger partial charge >= 0.3 is 0 Å². The molecule has 0 radical (unpaired) electrons. The van der Waals surface area contributed by atoms with E-state index in [2.05, 4.69) is 57.2 Å². The zero-order valence-corrected chi connectivity index (χ0v) is 18.4. The third-order valence-electron chi connectivity index (χ3n) is 8.72. The summed E-state index contributed by atoms with van der Waals surface area (Å²) < 4.78 is 0. The van der Waals surface area contributed by atoms with Crippen molar-refractivity contribution in [2.75, 3.05) is 26.2 Å². The second kappa shape index (κ2) is 7.44. The monoisotopic (exact) mass is 415 g/mol. The van der Waals surface area contributed by atoms with Gasteiger partial charge in [0.2, 0.25) is 5.91 Å². The summed E-state index contributed by atoms with van der Waals surface area (Å²) in [5, 5.41) is 0. The molecule has 0 N–H and O–H groups in total. The van der Waals surface area contributed by atoms with E-state index in [1.165, 1.54) is 30.4 Å². The largest absolute Gasteiger partial charge is 0.340 e. The predicted octanol–water partition coefficient (Wildman–Crippen LogP) is 4.26. The molecule has 5 fully saturated rings. The SMILES string of the molecule is O=C(N1CCN(Cc2ccncc2)CC1)C12C[C@H]3C[C@H](C1)CC(c1ccccc1)(C3)C2. The first-order valence-corrected chi connectivity index (χ1v) is 12.1. The number of amides is 1. The number of hydrogen-bond donors (Lipinski definition) is 0. The van der Waals surface area contributed by atoms with E-state index < -0.39 is 0 Å². The number of carbonyl (C=O) groups is 1. The Hall–Kier alpha value is -2.20. The highest BCUT2D eigenvalue weighted by molar-refractivity contribution is 5.84. The molecule has 4 nitrogen and oxygen atoms in total. The van der Waals surface area contributed by atoms with Crippen molar-refractivity contribution in [3.63, 3.8) is 0 Å². The first-order chi connectivity index (χ1) is 15.1. The van der Waals surface area contributed by atoms with Crippen molar-refractivity contribution >= 4 is 5.91 Å². The van der Waals surface area contributed by atoms with Crippen LogP contribution in [0.4, 0.5) is 0 Å². The fourth-order valence-electron chi connectivity index (χ4n) is 7.83. The summed E-state index contributed by atoms with van der Waals surface area (Å²) in [6.45, 7) is 4.65. The van der Waals surface area contributed by atoms with E-state index in [4.69, 9.17) is 0 Å². The third-order valence-corrected chi connectivity index (χ3v) is 8.72. The number of rotatable bonds is 4. The number of piperazine rings is 1. The lowest BCUT2D eigenvalue weighted by atomic mass is 9.42. The number of benzene rings is 1. The van der Waals surface area contributed by atoms with Crippen molar-refractivity contribution in [1.29, 1.82) is 0 Å². The summed E-state index contributed by atoms with van der Waals surface area (Å²) in [7, 11) is 0. The Morgan fingerprint density at radius 3 is 2.26 bits per heavy atom. The van der Waals surface area contributed by atoms with E-state index in [0.717, 1.165) is 63.8 Å². The summed E-state index contributed by atoms with van der Waals surface area (Å²) in [5.74, 6) is 1.95. The Bertz CT molecular complexity index is 921. The molecule has 4 aliphatic carbocycles. The highest BCUT2D eigenvalue weighted by Gasteiger charge is 2.61. The average Bonchev–Trinajstić information content (AvgIpc) is 2.80. The smallest absolute Gasteiger partial charge is 0.228 e. The second-order valence-corrected chi connectivity index (χ2v) is 10.8. The maximum absolute atomic E-state index is 14.0. The van der Waals surface area contributed by atoms with Gasteiger partial charge in [-0.3, -0.25) is 14.7 Å². The van der Waals surface area contributed by atoms with Crippen LogP contribution in [0.25, 0.3) is 0 Å². The summed E-state index contributed by atoms with van der Waals surface area (Å²) in [6.07, 6.45) is 11.0. The molecular formula is C27H33N3O. The molecule has 1 aliphatic heterocycles. The first kappa shape index (κ1) is 19.5. The predicted molar refractivity (Wildman–Crippen MR) is 121 cm³/mol. The summed E-state index contributed by atoms with van der Waals surface area (Å²) in [5.41, 5.74) is 2.93. The molecule has 2 atom stereocenters. The van der Waals surface area contributed by atoms with E-state index >= 15 is 0 Å². The fraction of sp³-hybridized carbons (Fsp3) is 0.556. The lowest BCUT2D eigenvalue weighted by molar-refractivity contribution is -0.162. The van der Waals surface area contributed by atoms with Crippen molar-refractivity contribution in [2.24, 2.45) is 17.3 Å². The van der Waals surface area contributed by atoms with Crippen molar-refractivity contribution in [1.82, 2.24) is 14.8 Å². The molecule has 4 bridgehead atoms. The lowest BCUT2D eigenvalue weighted by Gasteiger charge is -2.62. The van der Waals surface area contributed by atoms with Crippen LogP contribution >= 0.6 is 0 Å². The lowest BCUT2D eigenvalue weighted by Crippen LogP contribution is -2.61. The summed E-state index contributed by atoms with van der Waals surface area (Å²) in [6, 6.07) is 15.3. The average molecular weight is 416 g/mol. The van der Waals surface area contributed by atoms with Gasteiger partial charge in [0.25, 0.3) is 0 Å². The van der Waals surface area contributed by atoms with Crippen LogP contribution in [0.5, 0.6) is 0 Å². The van der Waals surface area contributed by atoms with Crippen molar-refractivity contribution in [3.05, 3.63) is 66.0 Å². The zero-order valence-electron chi connectivity index (χ0n) is 18.4. The van der Waals surface area contributed by atoms with Gasteiger partial charge in [-0.05, 0) is 79.0 Å². The fourth-order valence-corrected chi connectivity index (χ4v) is 7.83. The minimum absolute atomic E-state index is 0.104. The van der Waals surface area contributed by atoms with Crippen LogP contribution < -0.4 is 0 Å². The van der Waals surface area contributed by atoms with E-state index in [1.807, 2.05) is 12.4 Å². The highest BCUT2D eigenvalue weighted by Crippen LogP contribution is 2.66. The maximum atomic E-state index is 14.0. The van der Waals surface area contributed by atoms with E-state index in [1.54, 1.807) is 0 Å². The van der Waals surface area contributed by atoms with Crippen LogP contribution in [-0.4, -0.2) is 46.9 Å². The van der Waals surface area contributed by atoms with Crippen LogP contribution in [0.15, 0.2) is 54.9 Å². The number of aromatic nitrogens is 1. The molecule has 1 aromatic carbocycles. The molecule has 1 aromatic heterocycles. The minimum Gasteiger partial charge on any atom is -0.340 e. The molecule has 2 heterocycles. The number of carbonyl (C=O) groups excluding carboxylic acids is 1. The molecule has 4 heteroatoms. The Morgan fingerprint density at radius 2 is 1.58 bits per heavy atom. The third kappa shape index (κ3) is 3.40. The summed E-state index contributed by atoms with van der Waals surface area (Å²) >= 11 is 0. The van der Waals surface area contributed by atoms with Gasteiger partial charge in [0.05, 0.1) is 5.41 Å². The second-order valence-electron chi connectivity index (χ2n) is 10.8. The Labute approximate surface area is 185 Å². The topological polar surface area (TPSA) is 36.4 Å². The first-order valence-electron chi connectivity index (χ1n) is 12.1. The molecule has 1 amide bonds. The van der Waals surface area contributed by atoms with E-state index in [9.17, 15) is 4.79 Å². The van der Waals surface area contributed by atoms with Gasteiger partial charge in [0.1, 0.15) is 0 Å².